The van der Waals surface area contributed by atoms with Crippen molar-refractivity contribution in [3.05, 3.63) is 29.5 Å². The lowest BCUT2D eigenvalue weighted by Crippen LogP contribution is -2.23. The third-order valence-electron chi connectivity index (χ3n) is 3.83. The second-order valence-corrected chi connectivity index (χ2v) is 5.65. The number of hydrogen-bond acceptors (Lipinski definition) is 6. The second kappa shape index (κ2) is 8.53. The van der Waals surface area contributed by atoms with Crippen molar-refractivity contribution in [2.45, 2.75) is 39.2 Å². The van der Waals surface area contributed by atoms with Crippen LogP contribution in [0.2, 0.25) is 0 Å². The average molecular weight is 349 g/mol. The molecule has 1 heterocycles. The first kappa shape index (κ1) is 18.8. The number of ether oxygens (including phenoxy) is 2. The first-order valence-corrected chi connectivity index (χ1v) is 8.15. The fourth-order valence-corrected chi connectivity index (χ4v) is 2.41. The van der Waals surface area contributed by atoms with Crippen molar-refractivity contribution in [2.24, 2.45) is 0 Å². The lowest BCUT2D eigenvalue weighted by molar-refractivity contribution is -0.243. The Balaban J connectivity index is 2.37. The number of rotatable bonds is 8. The molecule has 136 valence electrons. The van der Waals surface area contributed by atoms with Gasteiger partial charge in [0.1, 0.15) is 0 Å². The van der Waals surface area contributed by atoms with E-state index >= 15 is 0 Å². The molecule has 0 aliphatic rings. The van der Waals surface area contributed by atoms with Gasteiger partial charge in [0.05, 0.1) is 19.7 Å². The summed E-state index contributed by atoms with van der Waals surface area (Å²) in [5.41, 5.74) is 1.96. The molecule has 25 heavy (non-hydrogen) atoms. The molecule has 0 saturated carbocycles. The van der Waals surface area contributed by atoms with E-state index in [1.807, 2.05) is 18.2 Å². The monoisotopic (exact) mass is 349 g/mol. The van der Waals surface area contributed by atoms with Crippen LogP contribution in [0.1, 0.15) is 42.7 Å². The van der Waals surface area contributed by atoms with E-state index in [2.05, 4.69) is 16.6 Å². The van der Waals surface area contributed by atoms with Gasteiger partial charge in [-0.15, -0.1) is 0 Å². The van der Waals surface area contributed by atoms with Gasteiger partial charge in [-0.1, -0.05) is 19.4 Å². The molecule has 0 amide bonds. The van der Waals surface area contributed by atoms with E-state index in [1.165, 1.54) is 21.1 Å². The van der Waals surface area contributed by atoms with Gasteiger partial charge < -0.3 is 19.3 Å². The minimum Gasteiger partial charge on any atom is -0.467 e. The fraction of sp³-hybridized carbons (Fsp3) is 0.444. The maximum Gasteiger partial charge on any atom is 0.358 e. The van der Waals surface area contributed by atoms with Crippen LogP contribution >= 0.6 is 0 Å². The maximum atomic E-state index is 12.0. The summed E-state index contributed by atoms with van der Waals surface area (Å²) in [6.07, 6.45) is 2.13. The largest absolute Gasteiger partial charge is 0.467 e. The Labute approximate surface area is 146 Å². The standard InChI is InChI=1S/C18H23NO6/c1-5-6-7-12-8-9-14-13(10-12)16(15(19-14)18(21)23-4)25-24-11(2)17(20)22-3/h8-11,19H,5-7H2,1-4H3. The number of esters is 2. The number of aromatic nitrogens is 1. The zero-order chi connectivity index (χ0) is 18.4. The van der Waals surface area contributed by atoms with Gasteiger partial charge in [-0.2, -0.15) is 4.89 Å². The van der Waals surface area contributed by atoms with Gasteiger partial charge in [0.2, 0.25) is 5.75 Å². The molecule has 0 aliphatic carbocycles. The van der Waals surface area contributed by atoms with Gasteiger partial charge in [-0.05, 0) is 37.5 Å². The van der Waals surface area contributed by atoms with E-state index in [0.717, 1.165) is 24.8 Å². The molecule has 0 radical (unpaired) electrons. The van der Waals surface area contributed by atoms with Crippen LogP contribution in [-0.2, 0) is 25.6 Å². The van der Waals surface area contributed by atoms with Crippen molar-refractivity contribution in [1.82, 2.24) is 4.98 Å². The summed E-state index contributed by atoms with van der Waals surface area (Å²) in [7, 11) is 2.54. The number of aromatic amines is 1. The predicted molar refractivity (Wildman–Crippen MR) is 91.4 cm³/mol. The Bertz CT molecular complexity index is 751. The first-order chi connectivity index (χ1) is 12.0. The highest BCUT2D eigenvalue weighted by Crippen LogP contribution is 2.32. The molecule has 0 spiro atoms. The molecule has 7 heteroatoms. The molecule has 0 aliphatic heterocycles. The van der Waals surface area contributed by atoms with Gasteiger partial charge in [0.25, 0.3) is 0 Å². The van der Waals surface area contributed by atoms with E-state index in [1.54, 1.807) is 0 Å². The summed E-state index contributed by atoms with van der Waals surface area (Å²) in [6, 6.07) is 5.82. The molecule has 2 aromatic rings. The quantitative estimate of drug-likeness (QED) is 0.447. The van der Waals surface area contributed by atoms with E-state index in [-0.39, 0.29) is 11.4 Å². The molecule has 1 aromatic heterocycles. The summed E-state index contributed by atoms with van der Waals surface area (Å²) >= 11 is 0. The van der Waals surface area contributed by atoms with E-state index in [9.17, 15) is 9.59 Å². The van der Waals surface area contributed by atoms with Crippen molar-refractivity contribution in [2.75, 3.05) is 14.2 Å². The van der Waals surface area contributed by atoms with Gasteiger partial charge in [0, 0.05) is 5.39 Å². The molecule has 1 unspecified atom stereocenters. The molecule has 0 saturated heterocycles. The van der Waals surface area contributed by atoms with Crippen LogP contribution in [0.25, 0.3) is 10.9 Å². The fourth-order valence-electron chi connectivity index (χ4n) is 2.41. The number of unbranched alkanes of at least 4 members (excludes halogenated alkanes) is 1. The molecule has 7 nitrogen and oxygen atoms in total. The number of methoxy groups -OCH3 is 2. The smallest absolute Gasteiger partial charge is 0.358 e. The summed E-state index contributed by atoms with van der Waals surface area (Å²) < 4.78 is 9.37. The number of H-pyrrole nitrogens is 1. The summed E-state index contributed by atoms with van der Waals surface area (Å²) in [4.78, 5) is 36.9. The second-order valence-electron chi connectivity index (χ2n) is 5.65. The molecule has 0 fully saturated rings. The van der Waals surface area contributed by atoms with E-state index < -0.39 is 18.0 Å². The lowest BCUT2D eigenvalue weighted by atomic mass is 10.1. The Hall–Kier alpha value is -2.54. The average Bonchev–Trinajstić information content (AvgIpc) is 3.00. The number of nitrogens with one attached hydrogen (secondary N) is 1. The maximum absolute atomic E-state index is 12.0. The van der Waals surface area contributed by atoms with Crippen molar-refractivity contribution >= 4 is 22.8 Å². The van der Waals surface area contributed by atoms with Crippen LogP contribution < -0.4 is 4.89 Å². The SMILES string of the molecule is CCCCc1ccc2[nH]c(C(=O)OC)c(OOC(C)C(=O)OC)c2c1. The van der Waals surface area contributed by atoms with Crippen LogP contribution in [0.15, 0.2) is 18.2 Å². The summed E-state index contributed by atoms with van der Waals surface area (Å²) in [5, 5.41) is 0.686. The summed E-state index contributed by atoms with van der Waals surface area (Å²) in [6.45, 7) is 3.62. The number of fused-ring (bicyclic) bond motifs is 1. The van der Waals surface area contributed by atoms with Crippen LogP contribution in [-0.4, -0.2) is 37.2 Å². The Morgan fingerprint density at radius 3 is 2.60 bits per heavy atom. The lowest BCUT2D eigenvalue weighted by Gasteiger charge is -2.10. The minimum atomic E-state index is -0.941. The normalized spacial score (nSPS) is 12.0. The molecule has 1 N–H and O–H groups in total. The third-order valence-corrected chi connectivity index (χ3v) is 3.83. The van der Waals surface area contributed by atoms with Gasteiger partial charge in [-0.25, -0.2) is 9.59 Å². The highest BCUT2D eigenvalue weighted by Gasteiger charge is 2.23. The van der Waals surface area contributed by atoms with Crippen molar-refractivity contribution in [3.63, 3.8) is 0 Å². The van der Waals surface area contributed by atoms with Crippen molar-refractivity contribution in [1.29, 1.82) is 0 Å². The van der Waals surface area contributed by atoms with E-state index in [0.29, 0.717) is 10.9 Å². The highest BCUT2D eigenvalue weighted by atomic mass is 17.2. The molecular weight excluding hydrogens is 326 g/mol. The molecule has 1 atom stereocenters. The van der Waals surface area contributed by atoms with Gasteiger partial charge in [0.15, 0.2) is 11.8 Å². The van der Waals surface area contributed by atoms with Crippen LogP contribution in [0.3, 0.4) is 0 Å². The number of carbonyl (C=O) groups is 2. The minimum absolute atomic E-state index is 0.127. The third kappa shape index (κ3) is 4.30. The number of aryl methyl sites for hydroxylation is 1. The Kier molecular flexibility index (Phi) is 6.41. The molecular formula is C18H23NO6. The predicted octanol–water partition coefficient (Wildman–Crippen LogP) is 3.17. The number of benzene rings is 1. The Morgan fingerprint density at radius 2 is 1.96 bits per heavy atom. The van der Waals surface area contributed by atoms with Crippen molar-refractivity contribution in [3.8, 4) is 5.75 Å². The Morgan fingerprint density at radius 1 is 1.20 bits per heavy atom. The van der Waals surface area contributed by atoms with Crippen LogP contribution in [0.5, 0.6) is 5.75 Å². The van der Waals surface area contributed by atoms with E-state index in [4.69, 9.17) is 14.5 Å². The van der Waals surface area contributed by atoms with Gasteiger partial charge >= 0.3 is 11.9 Å². The zero-order valence-electron chi connectivity index (χ0n) is 14.9. The highest BCUT2D eigenvalue weighted by molar-refractivity contribution is 6.01. The molecule has 0 bridgehead atoms. The first-order valence-electron chi connectivity index (χ1n) is 8.15. The van der Waals surface area contributed by atoms with Crippen LogP contribution in [0, 0.1) is 0 Å². The van der Waals surface area contributed by atoms with Crippen LogP contribution in [0.4, 0.5) is 0 Å². The zero-order valence-corrected chi connectivity index (χ0v) is 14.9. The summed E-state index contributed by atoms with van der Waals surface area (Å²) in [5.74, 6) is -0.977. The number of hydrogen-bond donors (Lipinski definition) is 1. The van der Waals surface area contributed by atoms with Crippen molar-refractivity contribution < 1.29 is 28.8 Å². The molecule has 2 rings (SSSR count). The van der Waals surface area contributed by atoms with Gasteiger partial charge in [-0.3, -0.25) is 0 Å². The number of carbonyl (C=O) groups excluding carboxylic acids is 2. The topological polar surface area (TPSA) is 86.9 Å². The molecule has 1 aromatic carbocycles.